The van der Waals surface area contributed by atoms with E-state index in [-0.39, 0.29) is 12.5 Å². The van der Waals surface area contributed by atoms with Crippen molar-refractivity contribution in [2.45, 2.75) is 50.6 Å². The minimum Gasteiger partial charge on any atom is -0.484 e. The van der Waals surface area contributed by atoms with E-state index in [1.54, 1.807) is 6.20 Å². The molecule has 0 spiro atoms. The number of likely N-dealkylation sites (tertiary alicyclic amines) is 1. The summed E-state index contributed by atoms with van der Waals surface area (Å²) in [6.45, 7) is 2.15. The average Bonchev–Trinajstić information content (AvgIpc) is 3.51. The van der Waals surface area contributed by atoms with E-state index in [1.807, 2.05) is 24.3 Å². The molecule has 3 heterocycles. The number of piperidine rings is 1. The zero-order valence-corrected chi connectivity index (χ0v) is 20.2. The Morgan fingerprint density at radius 1 is 1.15 bits per heavy atom. The van der Waals surface area contributed by atoms with Gasteiger partial charge in [0.25, 0.3) is 5.91 Å². The molecule has 3 aromatic rings. The summed E-state index contributed by atoms with van der Waals surface area (Å²) in [5.74, 6) is 1.29. The molecule has 1 saturated heterocycles. The lowest BCUT2D eigenvalue weighted by atomic mass is 10.1. The molecule has 1 aliphatic heterocycles. The number of aromatic amines is 1. The second kappa shape index (κ2) is 10.2. The Hall–Kier alpha value is -2.84. The molecule has 2 fully saturated rings. The molecule has 34 heavy (non-hydrogen) atoms. The van der Waals surface area contributed by atoms with Gasteiger partial charge < -0.3 is 25.3 Å². The molecule has 5 rings (SSSR count). The van der Waals surface area contributed by atoms with E-state index in [1.165, 1.54) is 12.8 Å². The van der Waals surface area contributed by atoms with E-state index < -0.39 is 0 Å². The van der Waals surface area contributed by atoms with Gasteiger partial charge in [-0.05, 0) is 70.1 Å². The molecule has 2 aliphatic rings. The number of anilines is 1. The quantitative estimate of drug-likeness (QED) is 0.466. The highest BCUT2D eigenvalue weighted by Crippen LogP contribution is 2.32. The van der Waals surface area contributed by atoms with Crippen LogP contribution in [0.4, 0.5) is 5.69 Å². The standard InChI is InChI=1S/C25H31ClN6O2/c1-32-12-10-18(11-13-32)29-22-20(26)14-27-25-23(22)30-24(31-25)16-6-8-19(9-7-16)34-15-21(33)28-17-4-2-3-5-17/h6-9,14,17-18H,2-5,10-13,15H2,1H3,(H,28,33)(H2,27,29,30,31). The van der Waals surface area contributed by atoms with Crippen LogP contribution < -0.4 is 15.4 Å². The lowest BCUT2D eigenvalue weighted by molar-refractivity contribution is -0.123. The topological polar surface area (TPSA) is 95.2 Å². The molecule has 0 atom stereocenters. The van der Waals surface area contributed by atoms with Gasteiger partial charge in [0, 0.05) is 17.6 Å². The van der Waals surface area contributed by atoms with Crippen molar-refractivity contribution in [3.63, 3.8) is 0 Å². The van der Waals surface area contributed by atoms with E-state index in [2.05, 4.69) is 37.5 Å². The van der Waals surface area contributed by atoms with Gasteiger partial charge in [0.15, 0.2) is 12.3 Å². The van der Waals surface area contributed by atoms with Crippen molar-refractivity contribution in [2.75, 3.05) is 32.1 Å². The summed E-state index contributed by atoms with van der Waals surface area (Å²) in [6.07, 6.45) is 8.29. The third-order valence-corrected chi connectivity index (χ3v) is 7.05. The summed E-state index contributed by atoms with van der Waals surface area (Å²) >= 11 is 6.51. The van der Waals surface area contributed by atoms with Crippen molar-refractivity contribution in [3.8, 4) is 17.1 Å². The van der Waals surface area contributed by atoms with Gasteiger partial charge in [0.1, 0.15) is 17.1 Å². The van der Waals surface area contributed by atoms with Gasteiger partial charge >= 0.3 is 0 Å². The van der Waals surface area contributed by atoms with Crippen LogP contribution in [0.5, 0.6) is 5.75 Å². The Morgan fingerprint density at radius 3 is 2.62 bits per heavy atom. The van der Waals surface area contributed by atoms with Crippen molar-refractivity contribution in [1.29, 1.82) is 0 Å². The third kappa shape index (κ3) is 5.28. The minimum atomic E-state index is -0.0687. The lowest BCUT2D eigenvalue weighted by Crippen LogP contribution is -2.36. The normalized spacial score (nSPS) is 17.8. The van der Waals surface area contributed by atoms with Crippen LogP contribution in [0.15, 0.2) is 30.5 Å². The summed E-state index contributed by atoms with van der Waals surface area (Å²) in [5, 5.41) is 7.23. The fourth-order valence-corrected chi connectivity index (χ4v) is 4.96. The maximum absolute atomic E-state index is 12.1. The number of benzene rings is 1. The van der Waals surface area contributed by atoms with E-state index in [0.29, 0.717) is 34.3 Å². The summed E-state index contributed by atoms with van der Waals surface area (Å²) in [6, 6.07) is 8.22. The summed E-state index contributed by atoms with van der Waals surface area (Å²) < 4.78 is 5.67. The number of halogens is 1. The van der Waals surface area contributed by atoms with Gasteiger partial charge in [-0.1, -0.05) is 24.4 Å². The van der Waals surface area contributed by atoms with Gasteiger partial charge in [0.05, 0.1) is 16.9 Å². The maximum Gasteiger partial charge on any atom is 0.258 e. The van der Waals surface area contributed by atoms with Crippen molar-refractivity contribution >= 4 is 34.4 Å². The molecule has 1 amide bonds. The number of amides is 1. The second-order valence-electron chi connectivity index (χ2n) is 9.35. The largest absolute Gasteiger partial charge is 0.484 e. The average molecular weight is 483 g/mol. The van der Waals surface area contributed by atoms with Crippen molar-refractivity contribution in [3.05, 3.63) is 35.5 Å². The summed E-state index contributed by atoms with van der Waals surface area (Å²) in [5.41, 5.74) is 3.19. The summed E-state index contributed by atoms with van der Waals surface area (Å²) in [7, 11) is 2.15. The predicted molar refractivity (Wildman–Crippen MR) is 134 cm³/mol. The number of rotatable bonds is 7. The number of H-pyrrole nitrogens is 1. The molecule has 2 aromatic heterocycles. The molecule has 3 N–H and O–H groups in total. The van der Waals surface area contributed by atoms with Crippen molar-refractivity contribution in [1.82, 2.24) is 25.2 Å². The molecular weight excluding hydrogens is 452 g/mol. The Balaban J connectivity index is 1.26. The van der Waals surface area contributed by atoms with Crippen LogP contribution in [0.3, 0.4) is 0 Å². The molecule has 0 bridgehead atoms. The van der Waals surface area contributed by atoms with Crippen LogP contribution in [0, 0.1) is 0 Å². The van der Waals surface area contributed by atoms with E-state index in [0.717, 1.165) is 55.5 Å². The Kier molecular flexibility index (Phi) is 6.87. The lowest BCUT2D eigenvalue weighted by Gasteiger charge is -2.30. The fourth-order valence-electron chi connectivity index (χ4n) is 4.77. The zero-order chi connectivity index (χ0) is 23.5. The minimum absolute atomic E-state index is 0.0227. The monoisotopic (exact) mass is 482 g/mol. The van der Waals surface area contributed by atoms with E-state index >= 15 is 0 Å². The van der Waals surface area contributed by atoms with Gasteiger partial charge in [0.2, 0.25) is 0 Å². The number of nitrogens with one attached hydrogen (secondary N) is 3. The van der Waals surface area contributed by atoms with Gasteiger partial charge in [-0.2, -0.15) is 0 Å². The number of carbonyl (C=O) groups excluding carboxylic acids is 1. The van der Waals surface area contributed by atoms with Gasteiger partial charge in [-0.15, -0.1) is 0 Å². The van der Waals surface area contributed by atoms with Gasteiger partial charge in [-0.25, -0.2) is 9.97 Å². The summed E-state index contributed by atoms with van der Waals surface area (Å²) in [4.78, 5) is 26.9. The van der Waals surface area contributed by atoms with E-state index in [9.17, 15) is 4.79 Å². The molecule has 9 heteroatoms. The smallest absolute Gasteiger partial charge is 0.258 e. The first-order chi connectivity index (χ1) is 16.5. The van der Waals surface area contributed by atoms with Crippen LogP contribution in [0.2, 0.25) is 5.02 Å². The molecule has 1 aliphatic carbocycles. The Morgan fingerprint density at radius 2 is 1.88 bits per heavy atom. The second-order valence-corrected chi connectivity index (χ2v) is 9.76. The molecule has 180 valence electrons. The number of hydrogen-bond donors (Lipinski definition) is 3. The van der Waals surface area contributed by atoms with Crippen LogP contribution in [0.1, 0.15) is 38.5 Å². The highest BCUT2D eigenvalue weighted by Gasteiger charge is 2.21. The number of nitrogens with zero attached hydrogens (tertiary/aromatic N) is 3. The number of hydrogen-bond acceptors (Lipinski definition) is 6. The van der Waals surface area contributed by atoms with Crippen molar-refractivity contribution in [2.24, 2.45) is 0 Å². The molecule has 0 unspecified atom stereocenters. The molecule has 1 saturated carbocycles. The van der Waals surface area contributed by atoms with Crippen LogP contribution >= 0.6 is 11.6 Å². The first-order valence-electron chi connectivity index (χ1n) is 12.1. The van der Waals surface area contributed by atoms with Crippen molar-refractivity contribution < 1.29 is 9.53 Å². The molecule has 1 aromatic carbocycles. The molecule has 0 radical (unpaired) electrons. The Bertz CT molecular complexity index is 1130. The first kappa shape index (κ1) is 22.9. The first-order valence-corrected chi connectivity index (χ1v) is 12.4. The number of ether oxygens (including phenoxy) is 1. The number of aromatic nitrogens is 3. The molecule has 8 nitrogen and oxygen atoms in total. The van der Waals surface area contributed by atoms with Crippen LogP contribution in [0.25, 0.3) is 22.6 Å². The van der Waals surface area contributed by atoms with Crippen LogP contribution in [-0.2, 0) is 4.79 Å². The SMILES string of the molecule is CN1CCC(Nc2c(Cl)cnc3nc(-c4ccc(OCC(=O)NC5CCCC5)cc4)[nH]c23)CC1. The van der Waals surface area contributed by atoms with Crippen LogP contribution in [-0.4, -0.2) is 64.6 Å². The van der Waals surface area contributed by atoms with E-state index in [4.69, 9.17) is 16.3 Å². The van der Waals surface area contributed by atoms with Gasteiger partial charge in [-0.3, -0.25) is 4.79 Å². The predicted octanol–water partition coefficient (Wildman–Crippen LogP) is 4.22. The Labute approximate surface area is 204 Å². The fraction of sp³-hybridized carbons (Fsp3) is 0.480. The number of fused-ring (bicyclic) bond motifs is 1. The zero-order valence-electron chi connectivity index (χ0n) is 19.4. The number of imidazole rings is 1. The maximum atomic E-state index is 12.1. The highest BCUT2D eigenvalue weighted by molar-refractivity contribution is 6.34. The third-order valence-electron chi connectivity index (χ3n) is 6.76. The highest BCUT2D eigenvalue weighted by atomic mass is 35.5. The number of pyridine rings is 1. The number of carbonyl (C=O) groups is 1. The molecular formula is C25H31ClN6O2.